The Balaban J connectivity index is 2.71. The lowest BCUT2D eigenvalue weighted by molar-refractivity contribution is 0.755. The van der Waals surface area contributed by atoms with Gasteiger partial charge < -0.3 is 5.73 Å². The third kappa shape index (κ3) is 1.24. The summed E-state index contributed by atoms with van der Waals surface area (Å²) in [6.07, 6.45) is 1.73. The highest BCUT2D eigenvalue weighted by Crippen LogP contribution is 2.16. The molecular weight excluding hydrogens is 164 g/mol. The van der Waals surface area contributed by atoms with E-state index in [0.29, 0.717) is 11.9 Å². The highest BCUT2D eigenvalue weighted by molar-refractivity contribution is 5.47. The van der Waals surface area contributed by atoms with E-state index in [-0.39, 0.29) is 0 Å². The van der Waals surface area contributed by atoms with E-state index in [1.54, 1.807) is 6.20 Å². The van der Waals surface area contributed by atoms with E-state index in [1.165, 1.54) is 0 Å². The molecule has 0 saturated heterocycles. The number of hydrogen-bond acceptors (Lipinski definition) is 3. The average molecular weight is 176 g/mol. The zero-order valence-corrected chi connectivity index (χ0v) is 7.73. The van der Waals surface area contributed by atoms with Crippen molar-refractivity contribution in [3.05, 3.63) is 24.0 Å². The third-order valence-corrected chi connectivity index (χ3v) is 2.04. The Morgan fingerprint density at radius 2 is 2.15 bits per heavy atom. The minimum absolute atomic E-state index is 0.311. The SMILES string of the molecule is CC(C)c1ccc2cnc(N)nn12. The maximum atomic E-state index is 5.51. The summed E-state index contributed by atoms with van der Waals surface area (Å²) in [5, 5.41) is 4.14. The molecule has 0 aliphatic heterocycles. The predicted molar refractivity (Wildman–Crippen MR) is 51.5 cm³/mol. The maximum absolute atomic E-state index is 5.51. The first-order valence-corrected chi connectivity index (χ1v) is 4.28. The van der Waals surface area contributed by atoms with Gasteiger partial charge in [-0.1, -0.05) is 13.8 Å². The highest BCUT2D eigenvalue weighted by Gasteiger charge is 2.06. The minimum Gasteiger partial charge on any atom is -0.367 e. The first-order chi connectivity index (χ1) is 6.18. The Hall–Kier alpha value is -1.58. The molecule has 4 nitrogen and oxygen atoms in total. The standard InChI is InChI=1S/C9H12N4/c1-6(2)8-4-3-7-5-11-9(10)12-13(7)8/h3-6H,1-2H3,(H2,10,12). The smallest absolute Gasteiger partial charge is 0.238 e. The molecule has 68 valence electrons. The van der Waals surface area contributed by atoms with Crippen LogP contribution in [0.25, 0.3) is 5.52 Å². The van der Waals surface area contributed by atoms with Crippen LogP contribution in [-0.4, -0.2) is 14.6 Å². The second-order valence-electron chi connectivity index (χ2n) is 3.37. The highest BCUT2D eigenvalue weighted by atomic mass is 15.3. The van der Waals surface area contributed by atoms with Gasteiger partial charge in [-0.05, 0) is 18.1 Å². The van der Waals surface area contributed by atoms with Crippen molar-refractivity contribution in [2.24, 2.45) is 0 Å². The molecule has 2 heterocycles. The average Bonchev–Trinajstić information content (AvgIpc) is 2.46. The first-order valence-electron chi connectivity index (χ1n) is 4.28. The quantitative estimate of drug-likeness (QED) is 0.715. The topological polar surface area (TPSA) is 56.2 Å². The van der Waals surface area contributed by atoms with Crippen molar-refractivity contribution in [3.63, 3.8) is 0 Å². The van der Waals surface area contributed by atoms with Gasteiger partial charge in [-0.3, -0.25) is 0 Å². The summed E-state index contributed by atoms with van der Waals surface area (Å²) in [5.41, 5.74) is 7.65. The van der Waals surface area contributed by atoms with Crippen molar-refractivity contribution >= 4 is 11.5 Å². The molecule has 0 atom stereocenters. The van der Waals surface area contributed by atoms with Crippen molar-refractivity contribution in [2.75, 3.05) is 5.73 Å². The molecule has 2 aromatic rings. The molecule has 0 radical (unpaired) electrons. The fraction of sp³-hybridized carbons (Fsp3) is 0.333. The van der Waals surface area contributed by atoms with Crippen LogP contribution in [0.2, 0.25) is 0 Å². The van der Waals surface area contributed by atoms with Crippen LogP contribution in [0.1, 0.15) is 25.5 Å². The first kappa shape index (κ1) is 8.04. The number of nitrogen functional groups attached to an aromatic ring is 1. The van der Waals surface area contributed by atoms with Gasteiger partial charge in [-0.15, -0.1) is 5.10 Å². The lowest BCUT2D eigenvalue weighted by Gasteiger charge is -2.04. The van der Waals surface area contributed by atoms with Crippen LogP contribution in [0.5, 0.6) is 0 Å². The number of hydrogen-bond donors (Lipinski definition) is 1. The molecule has 4 heteroatoms. The normalized spacial score (nSPS) is 11.3. The molecule has 0 unspecified atom stereocenters. The van der Waals surface area contributed by atoms with Gasteiger partial charge in [0.1, 0.15) is 0 Å². The molecule has 0 aliphatic carbocycles. The molecule has 2 N–H and O–H groups in total. The van der Waals surface area contributed by atoms with E-state index in [1.807, 2.05) is 16.6 Å². The zero-order valence-electron chi connectivity index (χ0n) is 7.73. The van der Waals surface area contributed by atoms with E-state index >= 15 is 0 Å². The number of fused-ring (bicyclic) bond motifs is 1. The van der Waals surface area contributed by atoms with Gasteiger partial charge in [-0.25, -0.2) is 9.50 Å². The van der Waals surface area contributed by atoms with Crippen LogP contribution in [-0.2, 0) is 0 Å². The van der Waals surface area contributed by atoms with Gasteiger partial charge in [0.25, 0.3) is 0 Å². The fourth-order valence-corrected chi connectivity index (χ4v) is 1.37. The monoisotopic (exact) mass is 176 g/mol. The number of anilines is 1. The molecule has 0 fully saturated rings. The van der Waals surface area contributed by atoms with Crippen molar-refractivity contribution in [3.8, 4) is 0 Å². The summed E-state index contributed by atoms with van der Waals surface area (Å²) >= 11 is 0. The fourth-order valence-electron chi connectivity index (χ4n) is 1.37. The van der Waals surface area contributed by atoms with Crippen molar-refractivity contribution in [2.45, 2.75) is 19.8 Å². The van der Waals surface area contributed by atoms with Gasteiger partial charge in [0.05, 0.1) is 11.7 Å². The third-order valence-electron chi connectivity index (χ3n) is 2.04. The molecule has 0 aromatic carbocycles. The van der Waals surface area contributed by atoms with E-state index in [9.17, 15) is 0 Å². The van der Waals surface area contributed by atoms with Crippen LogP contribution in [0.3, 0.4) is 0 Å². The molecule has 0 saturated carbocycles. The van der Waals surface area contributed by atoms with E-state index in [2.05, 4.69) is 23.9 Å². The van der Waals surface area contributed by atoms with Crippen LogP contribution >= 0.6 is 0 Å². The predicted octanol–water partition coefficient (Wildman–Crippen LogP) is 1.43. The van der Waals surface area contributed by atoms with Gasteiger partial charge in [0, 0.05) is 5.69 Å². The number of rotatable bonds is 1. The molecular formula is C9H12N4. The van der Waals surface area contributed by atoms with Crippen LogP contribution in [0.15, 0.2) is 18.3 Å². The molecule has 0 spiro atoms. The van der Waals surface area contributed by atoms with Crippen molar-refractivity contribution < 1.29 is 0 Å². The van der Waals surface area contributed by atoms with Gasteiger partial charge in [0.2, 0.25) is 5.95 Å². The lowest BCUT2D eigenvalue weighted by Crippen LogP contribution is -2.04. The van der Waals surface area contributed by atoms with E-state index < -0.39 is 0 Å². The molecule has 2 rings (SSSR count). The summed E-state index contributed by atoms with van der Waals surface area (Å²) in [5.74, 6) is 0.752. The molecule has 0 bridgehead atoms. The number of nitrogens with zero attached hydrogens (tertiary/aromatic N) is 3. The zero-order chi connectivity index (χ0) is 9.42. The Bertz CT molecular complexity index is 430. The Morgan fingerprint density at radius 3 is 2.85 bits per heavy atom. The van der Waals surface area contributed by atoms with Crippen molar-refractivity contribution in [1.82, 2.24) is 14.6 Å². The lowest BCUT2D eigenvalue weighted by atomic mass is 10.1. The summed E-state index contributed by atoms with van der Waals surface area (Å²) < 4.78 is 1.84. The Kier molecular flexibility index (Phi) is 1.69. The molecule has 2 aromatic heterocycles. The second-order valence-corrected chi connectivity index (χ2v) is 3.37. The molecule has 13 heavy (non-hydrogen) atoms. The van der Waals surface area contributed by atoms with E-state index in [4.69, 9.17) is 5.73 Å². The van der Waals surface area contributed by atoms with Crippen molar-refractivity contribution in [1.29, 1.82) is 0 Å². The summed E-state index contributed by atoms with van der Waals surface area (Å²) in [6.45, 7) is 4.25. The number of nitrogens with two attached hydrogens (primary N) is 1. The Morgan fingerprint density at radius 1 is 1.38 bits per heavy atom. The number of aromatic nitrogens is 3. The largest absolute Gasteiger partial charge is 0.367 e. The summed E-state index contributed by atoms with van der Waals surface area (Å²) in [4.78, 5) is 3.93. The van der Waals surface area contributed by atoms with E-state index in [0.717, 1.165) is 11.2 Å². The van der Waals surface area contributed by atoms with Crippen LogP contribution < -0.4 is 5.73 Å². The van der Waals surface area contributed by atoms with Crippen LogP contribution in [0, 0.1) is 0 Å². The van der Waals surface area contributed by atoms with Gasteiger partial charge in [0.15, 0.2) is 0 Å². The second kappa shape index (κ2) is 2.73. The van der Waals surface area contributed by atoms with Crippen LogP contribution in [0.4, 0.5) is 5.95 Å². The minimum atomic E-state index is 0.311. The maximum Gasteiger partial charge on any atom is 0.238 e. The molecule has 0 amide bonds. The van der Waals surface area contributed by atoms with Gasteiger partial charge in [-0.2, -0.15) is 0 Å². The summed E-state index contributed by atoms with van der Waals surface area (Å²) in [6, 6.07) is 4.04. The Labute approximate surface area is 76.4 Å². The molecule has 0 aliphatic rings. The summed E-state index contributed by atoms with van der Waals surface area (Å²) in [7, 11) is 0. The van der Waals surface area contributed by atoms with Gasteiger partial charge >= 0.3 is 0 Å².